The van der Waals surface area contributed by atoms with Crippen molar-refractivity contribution in [2.75, 3.05) is 32.6 Å². The van der Waals surface area contributed by atoms with E-state index in [1.54, 1.807) is 7.11 Å². The molecular formula is C14H29NOS. The largest absolute Gasteiger partial charge is 0.383 e. The Labute approximate surface area is 113 Å². The summed E-state index contributed by atoms with van der Waals surface area (Å²) in [6.45, 7) is 7.64. The topological polar surface area (TPSA) is 12.5 Å². The summed E-state index contributed by atoms with van der Waals surface area (Å²) in [4.78, 5) is 2.56. The van der Waals surface area contributed by atoms with Crippen molar-refractivity contribution in [3.8, 4) is 0 Å². The van der Waals surface area contributed by atoms with Crippen molar-refractivity contribution in [2.45, 2.75) is 52.0 Å². The van der Waals surface area contributed by atoms with Crippen LogP contribution in [0.4, 0.5) is 0 Å². The van der Waals surface area contributed by atoms with Gasteiger partial charge in [0.15, 0.2) is 0 Å². The van der Waals surface area contributed by atoms with Crippen LogP contribution in [0.25, 0.3) is 0 Å². The van der Waals surface area contributed by atoms with Crippen molar-refractivity contribution in [3.05, 3.63) is 0 Å². The normalized spacial score (nSPS) is 20.1. The van der Waals surface area contributed by atoms with Crippen LogP contribution in [0.5, 0.6) is 0 Å². The molecule has 2 nitrogen and oxygen atoms in total. The first-order chi connectivity index (χ1) is 8.13. The number of ether oxygens (including phenoxy) is 1. The molecule has 0 aromatic carbocycles. The fraction of sp³-hybridized carbons (Fsp3) is 1.00. The molecule has 1 aliphatic rings. The molecule has 0 aromatic heterocycles. The van der Waals surface area contributed by atoms with Gasteiger partial charge in [0.05, 0.1) is 6.61 Å². The van der Waals surface area contributed by atoms with Crippen molar-refractivity contribution >= 4 is 12.6 Å². The average Bonchev–Trinajstić information content (AvgIpc) is 2.35. The van der Waals surface area contributed by atoms with Gasteiger partial charge in [-0.05, 0) is 37.9 Å². The van der Waals surface area contributed by atoms with Crippen LogP contribution in [-0.2, 0) is 4.74 Å². The van der Waals surface area contributed by atoms with Crippen LogP contribution < -0.4 is 0 Å². The summed E-state index contributed by atoms with van der Waals surface area (Å²) in [6, 6.07) is 0.601. The van der Waals surface area contributed by atoms with E-state index in [0.29, 0.717) is 11.5 Å². The van der Waals surface area contributed by atoms with E-state index in [4.69, 9.17) is 4.74 Å². The molecule has 0 unspecified atom stereocenters. The Morgan fingerprint density at radius 1 is 1.24 bits per heavy atom. The molecule has 0 aliphatic heterocycles. The van der Waals surface area contributed by atoms with Crippen LogP contribution >= 0.6 is 12.6 Å². The minimum atomic E-state index is 0.458. The van der Waals surface area contributed by atoms with Crippen LogP contribution in [0.15, 0.2) is 0 Å². The fourth-order valence-electron chi connectivity index (χ4n) is 2.83. The Morgan fingerprint density at radius 3 is 2.35 bits per heavy atom. The Morgan fingerprint density at radius 2 is 1.88 bits per heavy atom. The van der Waals surface area contributed by atoms with Crippen molar-refractivity contribution in [1.29, 1.82) is 0 Å². The zero-order valence-corrected chi connectivity index (χ0v) is 12.6. The maximum absolute atomic E-state index is 5.22. The van der Waals surface area contributed by atoms with Gasteiger partial charge in [0.1, 0.15) is 0 Å². The quantitative estimate of drug-likeness (QED) is 0.705. The molecule has 1 fully saturated rings. The molecule has 0 heterocycles. The van der Waals surface area contributed by atoms with Gasteiger partial charge in [-0.3, -0.25) is 4.90 Å². The lowest BCUT2D eigenvalue weighted by Crippen LogP contribution is -2.44. The predicted octanol–water partition coefficient (Wildman–Crippen LogP) is 3.22. The first kappa shape index (κ1) is 15.3. The molecule has 1 saturated carbocycles. The van der Waals surface area contributed by atoms with Gasteiger partial charge in [-0.1, -0.05) is 19.3 Å². The lowest BCUT2D eigenvalue weighted by Gasteiger charge is -2.41. The molecular weight excluding hydrogens is 230 g/mol. The fourth-order valence-corrected chi connectivity index (χ4v) is 3.24. The van der Waals surface area contributed by atoms with E-state index >= 15 is 0 Å². The molecule has 0 N–H and O–H groups in total. The Kier molecular flexibility index (Phi) is 6.90. The summed E-state index contributed by atoms with van der Waals surface area (Å²) in [5.41, 5.74) is 0.458. The van der Waals surface area contributed by atoms with Crippen LogP contribution in [0, 0.1) is 5.41 Å². The summed E-state index contributed by atoms with van der Waals surface area (Å²) in [6.07, 6.45) is 6.89. The highest BCUT2D eigenvalue weighted by Crippen LogP contribution is 2.38. The van der Waals surface area contributed by atoms with Gasteiger partial charge in [-0.25, -0.2) is 0 Å². The highest BCUT2D eigenvalue weighted by molar-refractivity contribution is 7.80. The number of hydrogen-bond acceptors (Lipinski definition) is 3. The van der Waals surface area contributed by atoms with Gasteiger partial charge in [-0.2, -0.15) is 12.6 Å². The van der Waals surface area contributed by atoms with Gasteiger partial charge in [0.25, 0.3) is 0 Å². The molecule has 0 atom stereocenters. The van der Waals surface area contributed by atoms with Crippen LogP contribution in [-0.4, -0.2) is 43.5 Å². The van der Waals surface area contributed by atoms with Crippen molar-refractivity contribution in [2.24, 2.45) is 5.41 Å². The Balaban J connectivity index is 2.55. The minimum absolute atomic E-state index is 0.458. The maximum atomic E-state index is 5.22. The van der Waals surface area contributed by atoms with Crippen LogP contribution in [0.1, 0.15) is 46.0 Å². The maximum Gasteiger partial charge on any atom is 0.0589 e. The summed E-state index contributed by atoms with van der Waals surface area (Å²) in [5.74, 6) is 1.03. The highest BCUT2D eigenvalue weighted by atomic mass is 32.1. The van der Waals surface area contributed by atoms with Gasteiger partial charge < -0.3 is 4.74 Å². The Hall–Kier alpha value is 0.270. The monoisotopic (exact) mass is 259 g/mol. The highest BCUT2D eigenvalue weighted by Gasteiger charge is 2.33. The van der Waals surface area contributed by atoms with E-state index in [2.05, 4.69) is 31.4 Å². The second kappa shape index (κ2) is 7.65. The van der Waals surface area contributed by atoms with Crippen molar-refractivity contribution < 1.29 is 4.74 Å². The van der Waals surface area contributed by atoms with E-state index in [0.717, 1.165) is 18.9 Å². The van der Waals surface area contributed by atoms with Gasteiger partial charge in [-0.15, -0.1) is 0 Å². The number of thiol groups is 1. The first-order valence-corrected chi connectivity index (χ1v) is 7.61. The average molecular weight is 259 g/mol. The molecule has 1 aliphatic carbocycles. The molecule has 0 aromatic rings. The van der Waals surface area contributed by atoms with E-state index in [1.807, 2.05) is 0 Å². The summed E-state index contributed by atoms with van der Waals surface area (Å²) in [7, 11) is 1.79. The van der Waals surface area contributed by atoms with Gasteiger partial charge >= 0.3 is 0 Å². The number of rotatable bonds is 7. The van der Waals surface area contributed by atoms with Crippen LogP contribution in [0.3, 0.4) is 0 Å². The minimum Gasteiger partial charge on any atom is -0.383 e. The van der Waals surface area contributed by atoms with E-state index in [9.17, 15) is 0 Å². The van der Waals surface area contributed by atoms with Crippen molar-refractivity contribution in [1.82, 2.24) is 4.90 Å². The molecule has 3 heteroatoms. The van der Waals surface area contributed by atoms with Gasteiger partial charge in [0, 0.05) is 26.2 Å². The summed E-state index contributed by atoms with van der Waals surface area (Å²) >= 11 is 4.63. The number of nitrogens with zero attached hydrogens (tertiary/aromatic N) is 1. The molecule has 0 radical (unpaired) electrons. The third-order valence-corrected chi connectivity index (χ3v) is 4.77. The summed E-state index contributed by atoms with van der Waals surface area (Å²) in [5, 5.41) is 0. The third-order valence-electron chi connectivity index (χ3n) is 4.10. The second-order valence-corrected chi connectivity index (χ2v) is 6.09. The van der Waals surface area contributed by atoms with E-state index < -0.39 is 0 Å². The number of hydrogen-bond donors (Lipinski definition) is 1. The van der Waals surface area contributed by atoms with E-state index in [-0.39, 0.29) is 0 Å². The molecule has 0 amide bonds. The molecule has 0 spiro atoms. The number of methoxy groups -OCH3 is 1. The SMILES string of the molecule is COCCN(CC1(CS)CCCCC1)C(C)C. The third kappa shape index (κ3) is 4.80. The molecule has 17 heavy (non-hydrogen) atoms. The lowest BCUT2D eigenvalue weighted by atomic mass is 9.75. The molecule has 0 bridgehead atoms. The zero-order valence-electron chi connectivity index (χ0n) is 11.7. The Bertz CT molecular complexity index is 202. The zero-order chi connectivity index (χ0) is 12.7. The standard InChI is InChI=1S/C14H29NOS/c1-13(2)15(9-10-16-3)11-14(12-17)7-5-4-6-8-14/h13,17H,4-12H2,1-3H3. The smallest absolute Gasteiger partial charge is 0.0589 e. The van der Waals surface area contributed by atoms with E-state index in [1.165, 1.54) is 38.6 Å². The molecule has 0 saturated heterocycles. The van der Waals surface area contributed by atoms with Gasteiger partial charge in [0.2, 0.25) is 0 Å². The lowest BCUT2D eigenvalue weighted by molar-refractivity contribution is 0.0746. The first-order valence-electron chi connectivity index (χ1n) is 6.97. The molecule has 1 rings (SSSR count). The molecule has 102 valence electrons. The second-order valence-electron chi connectivity index (χ2n) is 5.78. The summed E-state index contributed by atoms with van der Waals surface area (Å²) < 4.78 is 5.22. The van der Waals surface area contributed by atoms with Crippen molar-refractivity contribution in [3.63, 3.8) is 0 Å². The predicted molar refractivity (Wildman–Crippen MR) is 78.0 cm³/mol. The van der Waals surface area contributed by atoms with Crippen LogP contribution in [0.2, 0.25) is 0 Å².